The molecule has 0 amide bonds. The molecule has 0 aromatic rings. The monoisotopic (exact) mass is 246 g/mol. The molecule has 3 unspecified atom stereocenters. The molecule has 1 saturated heterocycles. The summed E-state index contributed by atoms with van der Waals surface area (Å²) in [5.41, 5.74) is 0.340. The van der Waals surface area contributed by atoms with Gasteiger partial charge in [0.1, 0.15) is 0 Å². The van der Waals surface area contributed by atoms with E-state index in [1.165, 1.54) is 17.9 Å². The highest BCUT2D eigenvalue weighted by Crippen LogP contribution is 2.31. The number of ether oxygens (including phenoxy) is 1. The molecule has 1 fully saturated rings. The number of hydrogen-bond donors (Lipinski definition) is 1. The molecule has 96 valence electrons. The van der Waals surface area contributed by atoms with E-state index in [9.17, 15) is 0 Å². The first-order valence-electron chi connectivity index (χ1n) is 6.03. The minimum Gasteiger partial charge on any atom is -0.380 e. The second kappa shape index (κ2) is 6.24. The third-order valence-corrected chi connectivity index (χ3v) is 5.09. The van der Waals surface area contributed by atoms with Crippen LogP contribution in [0, 0.1) is 0 Å². The number of nitrogens with zero attached hydrogens (tertiary/aromatic N) is 1. The first-order valence-corrected chi connectivity index (χ1v) is 7.18. The summed E-state index contributed by atoms with van der Waals surface area (Å²) in [5.74, 6) is 2.52. The van der Waals surface area contributed by atoms with Crippen molar-refractivity contribution in [2.45, 2.75) is 38.0 Å². The van der Waals surface area contributed by atoms with E-state index in [4.69, 9.17) is 4.74 Å². The van der Waals surface area contributed by atoms with Gasteiger partial charge >= 0.3 is 0 Å². The van der Waals surface area contributed by atoms with Gasteiger partial charge in [-0.1, -0.05) is 0 Å². The Balaban J connectivity index is 2.45. The lowest BCUT2D eigenvalue weighted by molar-refractivity contribution is 0.0797. The van der Waals surface area contributed by atoms with Gasteiger partial charge in [0.25, 0.3) is 0 Å². The summed E-state index contributed by atoms with van der Waals surface area (Å²) in [6, 6.07) is 0.410. The normalized spacial score (nSPS) is 29.6. The zero-order valence-corrected chi connectivity index (χ0v) is 12.1. The molecule has 1 aliphatic rings. The molecule has 0 aliphatic carbocycles. The van der Waals surface area contributed by atoms with Crippen molar-refractivity contribution in [3.8, 4) is 0 Å². The van der Waals surface area contributed by atoms with Gasteiger partial charge in [0.2, 0.25) is 0 Å². The van der Waals surface area contributed by atoms with Crippen LogP contribution in [0.3, 0.4) is 0 Å². The van der Waals surface area contributed by atoms with Crippen molar-refractivity contribution in [2.75, 3.05) is 39.3 Å². The van der Waals surface area contributed by atoms with Crippen molar-refractivity contribution < 1.29 is 4.74 Å². The molecule has 16 heavy (non-hydrogen) atoms. The first kappa shape index (κ1) is 14.3. The summed E-state index contributed by atoms with van der Waals surface area (Å²) in [6.07, 6.45) is 1.56. The van der Waals surface area contributed by atoms with Crippen LogP contribution in [0.15, 0.2) is 0 Å². The van der Waals surface area contributed by atoms with Crippen molar-refractivity contribution in [3.05, 3.63) is 0 Å². The third-order valence-electron chi connectivity index (χ3n) is 3.86. The average molecular weight is 246 g/mol. The average Bonchev–Trinajstić information content (AvgIpc) is 2.74. The Morgan fingerprint density at radius 2 is 2.12 bits per heavy atom. The molecule has 3 nitrogen and oxygen atoms in total. The van der Waals surface area contributed by atoms with Gasteiger partial charge in [-0.25, -0.2) is 0 Å². The maximum Gasteiger partial charge on any atom is 0.0693 e. The van der Waals surface area contributed by atoms with Crippen LogP contribution in [-0.2, 0) is 4.74 Å². The number of hydrogen-bond acceptors (Lipinski definition) is 4. The minimum absolute atomic E-state index is 0.272. The number of thioether (sulfide) groups is 1. The van der Waals surface area contributed by atoms with Gasteiger partial charge in [-0.2, -0.15) is 11.8 Å². The fourth-order valence-electron chi connectivity index (χ4n) is 1.97. The topological polar surface area (TPSA) is 24.5 Å². The van der Waals surface area contributed by atoms with Gasteiger partial charge in [0.15, 0.2) is 0 Å². The van der Waals surface area contributed by atoms with E-state index in [2.05, 4.69) is 49.9 Å². The maximum absolute atomic E-state index is 5.34. The molecule has 0 radical (unpaired) electrons. The Bertz CT molecular complexity index is 205. The van der Waals surface area contributed by atoms with Crippen molar-refractivity contribution in [2.24, 2.45) is 0 Å². The van der Waals surface area contributed by atoms with Crippen LogP contribution in [0.1, 0.15) is 20.3 Å². The Kier molecular flexibility index (Phi) is 5.57. The van der Waals surface area contributed by atoms with Gasteiger partial charge in [-0.15, -0.1) is 0 Å². The Morgan fingerprint density at radius 3 is 2.56 bits per heavy atom. The van der Waals surface area contributed by atoms with Gasteiger partial charge in [0.05, 0.1) is 6.10 Å². The molecule has 0 bridgehead atoms. The van der Waals surface area contributed by atoms with E-state index in [1.807, 2.05) is 0 Å². The maximum atomic E-state index is 5.34. The fourth-order valence-corrected chi connectivity index (χ4v) is 3.52. The summed E-state index contributed by atoms with van der Waals surface area (Å²) < 4.78 is 5.34. The second-order valence-corrected chi connectivity index (χ2v) is 6.14. The van der Waals surface area contributed by atoms with Crippen LogP contribution >= 0.6 is 11.8 Å². The predicted molar refractivity (Wildman–Crippen MR) is 72.3 cm³/mol. The lowest BCUT2D eigenvalue weighted by Gasteiger charge is -2.37. The zero-order chi connectivity index (χ0) is 12.2. The predicted octanol–water partition coefficient (Wildman–Crippen LogP) is 1.44. The van der Waals surface area contributed by atoms with Crippen molar-refractivity contribution in [3.63, 3.8) is 0 Å². The first-order chi connectivity index (χ1) is 7.52. The van der Waals surface area contributed by atoms with Gasteiger partial charge < -0.3 is 15.0 Å². The Hall–Kier alpha value is 0.230. The van der Waals surface area contributed by atoms with Crippen molar-refractivity contribution in [1.29, 1.82) is 0 Å². The van der Waals surface area contributed by atoms with Gasteiger partial charge in [0, 0.05) is 31.0 Å². The highest BCUT2D eigenvalue weighted by Gasteiger charge is 2.36. The molecule has 0 saturated carbocycles. The molecule has 4 heteroatoms. The van der Waals surface area contributed by atoms with E-state index in [1.54, 1.807) is 7.11 Å². The van der Waals surface area contributed by atoms with Crippen molar-refractivity contribution in [1.82, 2.24) is 10.2 Å². The highest BCUT2D eigenvalue weighted by molar-refractivity contribution is 7.99. The molecule has 0 spiro atoms. The largest absolute Gasteiger partial charge is 0.380 e. The smallest absolute Gasteiger partial charge is 0.0693 e. The summed E-state index contributed by atoms with van der Waals surface area (Å²) >= 11 is 2.06. The van der Waals surface area contributed by atoms with E-state index < -0.39 is 0 Å². The van der Waals surface area contributed by atoms with E-state index in [0.29, 0.717) is 11.6 Å². The van der Waals surface area contributed by atoms with Gasteiger partial charge in [-0.3, -0.25) is 0 Å². The molecule has 1 rings (SSSR count). The van der Waals surface area contributed by atoms with E-state index in [-0.39, 0.29) is 6.10 Å². The van der Waals surface area contributed by atoms with Gasteiger partial charge in [-0.05, 0) is 40.1 Å². The van der Waals surface area contributed by atoms with Crippen LogP contribution in [0.4, 0.5) is 0 Å². The molecule has 3 atom stereocenters. The molecule has 1 aliphatic heterocycles. The van der Waals surface area contributed by atoms with Crippen LogP contribution in [0.25, 0.3) is 0 Å². The van der Waals surface area contributed by atoms with Crippen LogP contribution in [0.5, 0.6) is 0 Å². The lowest BCUT2D eigenvalue weighted by atomic mass is 9.96. The molecule has 0 aromatic carbocycles. The Labute approximate surface area is 104 Å². The summed E-state index contributed by atoms with van der Waals surface area (Å²) in [7, 11) is 6.16. The van der Waals surface area contributed by atoms with Crippen LogP contribution in [0.2, 0.25) is 0 Å². The number of likely N-dealkylation sites (N-methyl/N-ethyl adjacent to an activating group) is 1. The second-order valence-electron chi connectivity index (χ2n) is 5.03. The third kappa shape index (κ3) is 3.36. The zero-order valence-electron chi connectivity index (χ0n) is 11.2. The van der Waals surface area contributed by atoms with Crippen molar-refractivity contribution >= 4 is 11.8 Å². The molecular formula is C12H26N2OS. The molecular weight excluding hydrogens is 220 g/mol. The van der Waals surface area contributed by atoms with Crippen LogP contribution < -0.4 is 5.32 Å². The fraction of sp³-hybridized carbons (Fsp3) is 1.00. The SMILES string of the molecule is COC(C)C(C)NCC1(N(C)C)CCSC1. The highest BCUT2D eigenvalue weighted by atomic mass is 32.2. The standard InChI is InChI=1S/C12H26N2OS/c1-10(11(2)15-5)13-8-12(14(3)4)6-7-16-9-12/h10-11,13H,6-9H2,1-5H3. The minimum atomic E-state index is 0.272. The summed E-state index contributed by atoms with van der Waals surface area (Å²) in [4.78, 5) is 2.38. The molecule has 1 heterocycles. The summed E-state index contributed by atoms with van der Waals surface area (Å²) in [5, 5.41) is 3.62. The quantitative estimate of drug-likeness (QED) is 0.766. The molecule has 1 N–H and O–H groups in total. The van der Waals surface area contributed by atoms with E-state index in [0.717, 1.165) is 6.54 Å². The molecule has 0 aromatic heterocycles. The summed E-state index contributed by atoms with van der Waals surface area (Å²) in [6.45, 7) is 5.37. The number of rotatable bonds is 6. The lowest BCUT2D eigenvalue weighted by Crippen LogP contribution is -2.54. The number of nitrogens with one attached hydrogen (secondary N) is 1. The number of methoxy groups -OCH3 is 1. The van der Waals surface area contributed by atoms with E-state index >= 15 is 0 Å². The Morgan fingerprint density at radius 1 is 1.44 bits per heavy atom. The van der Waals surface area contributed by atoms with Crippen LogP contribution in [-0.4, -0.2) is 61.8 Å².